The van der Waals surface area contributed by atoms with Crippen molar-refractivity contribution in [1.29, 1.82) is 0 Å². The van der Waals surface area contributed by atoms with Gasteiger partial charge in [0.05, 0.1) is 12.8 Å². The second-order valence-electron chi connectivity index (χ2n) is 6.13. The summed E-state index contributed by atoms with van der Waals surface area (Å²) in [6.07, 6.45) is 0. The van der Waals surface area contributed by atoms with Crippen LogP contribution in [0, 0.1) is 5.82 Å². The van der Waals surface area contributed by atoms with E-state index in [0.717, 1.165) is 5.56 Å². The summed E-state index contributed by atoms with van der Waals surface area (Å²) in [5.74, 6) is -0.246. The van der Waals surface area contributed by atoms with Gasteiger partial charge >= 0.3 is 0 Å². The molecule has 2 aromatic rings. The van der Waals surface area contributed by atoms with Gasteiger partial charge in [0.2, 0.25) is 0 Å². The number of carbonyl (C=O) groups is 1. The fourth-order valence-corrected chi connectivity index (χ4v) is 2.10. The smallest absolute Gasteiger partial charge is 0.255 e. The molecule has 0 fully saturated rings. The molecule has 116 valence electrons. The van der Waals surface area contributed by atoms with Crippen molar-refractivity contribution in [3.63, 3.8) is 0 Å². The Morgan fingerprint density at radius 3 is 2.45 bits per heavy atom. The van der Waals surface area contributed by atoms with Crippen molar-refractivity contribution in [3.8, 4) is 5.75 Å². The number of hydrogen-bond acceptors (Lipinski definition) is 2. The Kier molecular flexibility index (Phi) is 4.50. The number of nitrogens with one attached hydrogen (secondary N) is 1. The molecule has 0 aromatic heterocycles. The van der Waals surface area contributed by atoms with E-state index in [1.807, 2.05) is 18.2 Å². The minimum Gasteiger partial charge on any atom is -0.495 e. The Labute approximate surface area is 130 Å². The van der Waals surface area contributed by atoms with E-state index in [9.17, 15) is 9.18 Å². The summed E-state index contributed by atoms with van der Waals surface area (Å²) in [6.45, 7) is 6.27. The fraction of sp³-hybridized carbons (Fsp3) is 0.278. The highest BCUT2D eigenvalue weighted by Crippen LogP contribution is 2.31. The van der Waals surface area contributed by atoms with Crippen LogP contribution in [0.3, 0.4) is 0 Å². The molecule has 0 heterocycles. The highest BCUT2D eigenvalue weighted by molar-refractivity contribution is 6.05. The summed E-state index contributed by atoms with van der Waals surface area (Å²) in [6, 6.07) is 11.3. The summed E-state index contributed by atoms with van der Waals surface area (Å²) in [5.41, 5.74) is 1.86. The van der Waals surface area contributed by atoms with E-state index in [2.05, 4.69) is 26.1 Å². The van der Waals surface area contributed by atoms with Crippen LogP contribution in [0.4, 0.5) is 10.1 Å². The fourth-order valence-electron chi connectivity index (χ4n) is 2.10. The predicted molar refractivity (Wildman–Crippen MR) is 86.0 cm³/mol. The van der Waals surface area contributed by atoms with Gasteiger partial charge < -0.3 is 10.1 Å². The predicted octanol–water partition coefficient (Wildman–Crippen LogP) is 4.38. The van der Waals surface area contributed by atoms with Crippen LogP contribution in [0.5, 0.6) is 5.75 Å². The minimum absolute atomic E-state index is 0.0510. The molecule has 0 atom stereocenters. The molecule has 22 heavy (non-hydrogen) atoms. The number of rotatable bonds is 3. The molecule has 0 saturated heterocycles. The molecule has 4 heteroatoms. The number of hydrogen-bond donors (Lipinski definition) is 1. The molecule has 0 saturated carbocycles. The van der Waals surface area contributed by atoms with Gasteiger partial charge in [0.1, 0.15) is 11.6 Å². The molecule has 0 bridgehead atoms. The summed E-state index contributed by atoms with van der Waals surface area (Å²) < 4.78 is 18.5. The number of carbonyl (C=O) groups excluding carboxylic acids is 1. The zero-order valence-electron chi connectivity index (χ0n) is 13.2. The SMILES string of the molecule is COc1ccc(C(C)(C)C)cc1NC(=O)c1cccc(F)c1. The quantitative estimate of drug-likeness (QED) is 0.913. The number of methoxy groups -OCH3 is 1. The number of amides is 1. The summed E-state index contributed by atoms with van der Waals surface area (Å²) in [7, 11) is 1.55. The van der Waals surface area contributed by atoms with Crippen LogP contribution in [0.25, 0.3) is 0 Å². The zero-order valence-corrected chi connectivity index (χ0v) is 13.2. The first-order chi connectivity index (χ1) is 10.3. The molecule has 0 spiro atoms. The maximum absolute atomic E-state index is 13.2. The van der Waals surface area contributed by atoms with E-state index in [1.54, 1.807) is 13.2 Å². The Morgan fingerprint density at radius 2 is 1.86 bits per heavy atom. The summed E-state index contributed by atoms with van der Waals surface area (Å²) in [4.78, 5) is 12.3. The average molecular weight is 301 g/mol. The highest BCUT2D eigenvalue weighted by Gasteiger charge is 2.17. The maximum atomic E-state index is 13.2. The molecule has 2 aromatic carbocycles. The molecular formula is C18H20FNO2. The van der Waals surface area contributed by atoms with E-state index < -0.39 is 5.82 Å². The van der Waals surface area contributed by atoms with Gasteiger partial charge in [-0.05, 0) is 41.3 Å². The number of anilines is 1. The van der Waals surface area contributed by atoms with Crippen LogP contribution >= 0.6 is 0 Å². The second-order valence-corrected chi connectivity index (χ2v) is 6.13. The monoisotopic (exact) mass is 301 g/mol. The van der Waals surface area contributed by atoms with Crippen molar-refractivity contribution in [2.45, 2.75) is 26.2 Å². The van der Waals surface area contributed by atoms with Gasteiger partial charge in [-0.3, -0.25) is 4.79 Å². The molecular weight excluding hydrogens is 281 g/mol. The van der Waals surface area contributed by atoms with Crippen molar-refractivity contribution in [1.82, 2.24) is 0 Å². The van der Waals surface area contributed by atoms with Crippen LogP contribution in [-0.2, 0) is 5.41 Å². The second kappa shape index (κ2) is 6.18. The number of ether oxygens (including phenoxy) is 1. The highest BCUT2D eigenvalue weighted by atomic mass is 19.1. The molecule has 1 N–H and O–H groups in total. The van der Waals surface area contributed by atoms with E-state index in [4.69, 9.17) is 4.74 Å². The zero-order chi connectivity index (χ0) is 16.3. The summed E-state index contributed by atoms with van der Waals surface area (Å²) in [5, 5.41) is 2.79. The van der Waals surface area contributed by atoms with Gasteiger partial charge in [0.15, 0.2) is 0 Å². The van der Waals surface area contributed by atoms with Crippen LogP contribution in [0.15, 0.2) is 42.5 Å². The molecule has 0 aliphatic rings. The molecule has 0 radical (unpaired) electrons. The average Bonchev–Trinajstić information content (AvgIpc) is 2.46. The first kappa shape index (κ1) is 16.0. The Bertz CT molecular complexity index is 690. The van der Waals surface area contributed by atoms with Crippen molar-refractivity contribution in [2.75, 3.05) is 12.4 Å². The first-order valence-electron chi connectivity index (χ1n) is 7.06. The van der Waals surface area contributed by atoms with Crippen molar-refractivity contribution in [2.24, 2.45) is 0 Å². The Balaban J connectivity index is 2.33. The lowest BCUT2D eigenvalue weighted by atomic mass is 9.87. The van der Waals surface area contributed by atoms with Gasteiger partial charge in [-0.1, -0.05) is 32.9 Å². The van der Waals surface area contributed by atoms with Gasteiger partial charge in [-0.25, -0.2) is 4.39 Å². The Hall–Kier alpha value is -2.36. The van der Waals surface area contributed by atoms with E-state index in [1.165, 1.54) is 18.2 Å². The van der Waals surface area contributed by atoms with Gasteiger partial charge in [0, 0.05) is 5.56 Å². The topological polar surface area (TPSA) is 38.3 Å². The normalized spacial score (nSPS) is 11.1. The van der Waals surface area contributed by atoms with E-state index in [0.29, 0.717) is 11.4 Å². The third-order valence-electron chi connectivity index (χ3n) is 3.40. The third-order valence-corrected chi connectivity index (χ3v) is 3.40. The van der Waals surface area contributed by atoms with Crippen LogP contribution < -0.4 is 10.1 Å². The lowest BCUT2D eigenvalue weighted by Crippen LogP contribution is -2.15. The largest absolute Gasteiger partial charge is 0.495 e. The molecule has 0 aliphatic carbocycles. The maximum Gasteiger partial charge on any atom is 0.255 e. The standard InChI is InChI=1S/C18H20FNO2/c1-18(2,3)13-8-9-16(22-4)15(11-13)20-17(21)12-6-5-7-14(19)10-12/h5-11H,1-4H3,(H,20,21). The lowest BCUT2D eigenvalue weighted by molar-refractivity contribution is 0.102. The third kappa shape index (κ3) is 3.64. The molecule has 3 nitrogen and oxygen atoms in total. The van der Waals surface area contributed by atoms with Crippen molar-refractivity contribution in [3.05, 3.63) is 59.4 Å². The van der Waals surface area contributed by atoms with E-state index in [-0.39, 0.29) is 16.9 Å². The van der Waals surface area contributed by atoms with Crippen LogP contribution in [-0.4, -0.2) is 13.0 Å². The van der Waals surface area contributed by atoms with Gasteiger partial charge in [0.25, 0.3) is 5.91 Å². The van der Waals surface area contributed by atoms with Crippen LogP contribution in [0.1, 0.15) is 36.7 Å². The lowest BCUT2D eigenvalue weighted by Gasteiger charge is -2.21. The molecule has 1 amide bonds. The Morgan fingerprint density at radius 1 is 1.14 bits per heavy atom. The molecule has 0 aliphatic heterocycles. The first-order valence-corrected chi connectivity index (χ1v) is 7.06. The molecule has 0 unspecified atom stereocenters. The number of benzene rings is 2. The van der Waals surface area contributed by atoms with Crippen molar-refractivity contribution >= 4 is 11.6 Å². The van der Waals surface area contributed by atoms with Gasteiger partial charge in [-0.15, -0.1) is 0 Å². The van der Waals surface area contributed by atoms with Crippen molar-refractivity contribution < 1.29 is 13.9 Å². The van der Waals surface area contributed by atoms with E-state index >= 15 is 0 Å². The molecule has 2 rings (SSSR count). The summed E-state index contributed by atoms with van der Waals surface area (Å²) >= 11 is 0. The number of halogens is 1. The van der Waals surface area contributed by atoms with Crippen LogP contribution in [0.2, 0.25) is 0 Å². The van der Waals surface area contributed by atoms with Gasteiger partial charge in [-0.2, -0.15) is 0 Å². The minimum atomic E-state index is -0.442.